The molecule has 1 aliphatic heterocycles. The minimum absolute atomic E-state index is 0. The van der Waals surface area contributed by atoms with E-state index in [0.29, 0.717) is 12.1 Å². The summed E-state index contributed by atoms with van der Waals surface area (Å²) in [7, 11) is 2.04. The largest absolute Gasteiger partial charge is 0.367 e. The molecule has 0 bridgehead atoms. The highest BCUT2D eigenvalue weighted by Crippen LogP contribution is 2.25. The first-order chi connectivity index (χ1) is 8.85. The predicted octanol–water partition coefficient (Wildman–Crippen LogP) is 1.66. The summed E-state index contributed by atoms with van der Waals surface area (Å²) in [6.07, 6.45) is 6.69. The van der Waals surface area contributed by atoms with Gasteiger partial charge in [0.25, 0.3) is 0 Å². The summed E-state index contributed by atoms with van der Waals surface area (Å²) in [5.74, 6) is 2.02. The van der Waals surface area contributed by atoms with Crippen molar-refractivity contribution in [3.05, 3.63) is 12.4 Å². The third kappa shape index (κ3) is 3.70. The van der Waals surface area contributed by atoms with Gasteiger partial charge in [-0.05, 0) is 32.7 Å². The Morgan fingerprint density at radius 1 is 1.21 bits per heavy atom. The average molecular weight is 284 g/mol. The van der Waals surface area contributed by atoms with Crippen LogP contribution in [0.25, 0.3) is 0 Å². The number of piperidine rings is 1. The van der Waals surface area contributed by atoms with Crippen molar-refractivity contribution in [3.8, 4) is 0 Å². The SMILES string of the molecule is CNC1CCCN(c2cc(NC3CC3)ncn2)C1.Cl. The fourth-order valence-electron chi connectivity index (χ4n) is 2.46. The second-order valence-corrected chi connectivity index (χ2v) is 5.25. The highest BCUT2D eigenvalue weighted by atomic mass is 35.5. The third-order valence-corrected chi connectivity index (χ3v) is 3.74. The lowest BCUT2D eigenvalue weighted by atomic mass is 10.1. The quantitative estimate of drug-likeness (QED) is 0.880. The van der Waals surface area contributed by atoms with Crippen molar-refractivity contribution in [1.82, 2.24) is 15.3 Å². The molecule has 1 saturated carbocycles. The fraction of sp³-hybridized carbons (Fsp3) is 0.692. The molecule has 0 spiro atoms. The summed E-state index contributed by atoms with van der Waals surface area (Å²) in [6, 6.07) is 3.30. The van der Waals surface area contributed by atoms with Gasteiger partial charge in [0.15, 0.2) is 0 Å². The Labute approximate surface area is 120 Å². The van der Waals surface area contributed by atoms with E-state index in [2.05, 4.69) is 31.6 Å². The van der Waals surface area contributed by atoms with Gasteiger partial charge < -0.3 is 15.5 Å². The zero-order chi connectivity index (χ0) is 12.4. The number of hydrogen-bond donors (Lipinski definition) is 2. The summed E-state index contributed by atoms with van der Waals surface area (Å²) < 4.78 is 0. The van der Waals surface area contributed by atoms with Gasteiger partial charge in [-0.2, -0.15) is 0 Å². The van der Waals surface area contributed by atoms with Crippen molar-refractivity contribution < 1.29 is 0 Å². The molecular weight excluding hydrogens is 262 g/mol. The zero-order valence-electron chi connectivity index (χ0n) is 11.3. The van der Waals surface area contributed by atoms with Gasteiger partial charge in [-0.3, -0.25) is 0 Å². The molecule has 0 amide bonds. The van der Waals surface area contributed by atoms with Gasteiger partial charge in [0.1, 0.15) is 18.0 Å². The average Bonchev–Trinajstić information content (AvgIpc) is 3.23. The molecule has 0 aromatic carbocycles. The molecule has 1 atom stereocenters. The van der Waals surface area contributed by atoms with Crippen LogP contribution in [-0.4, -0.2) is 42.2 Å². The van der Waals surface area contributed by atoms with Crippen LogP contribution in [0.5, 0.6) is 0 Å². The molecule has 1 saturated heterocycles. The molecule has 19 heavy (non-hydrogen) atoms. The van der Waals surface area contributed by atoms with E-state index in [9.17, 15) is 0 Å². The van der Waals surface area contributed by atoms with Crippen LogP contribution < -0.4 is 15.5 Å². The number of halogens is 1. The molecule has 2 N–H and O–H groups in total. The zero-order valence-corrected chi connectivity index (χ0v) is 12.1. The van der Waals surface area contributed by atoms with Crippen LogP contribution in [0, 0.1) is 0 Å². The Bertz CT molecular complexity index is 410. The molecule has 6 heteroatoms. The lowest BCUT2D eigenvalue weighted by molar-refractivity contribution is 0.447. The van der Waals surface area contributed by atoms with E-state index in [1.807, 2.05) is 7.05 Å². The van der Waals surface area contributed by atoms with E-state index in [4.69, 9.17) is 0 Å². The first kappa shape index (κ1) is 14.3. The number of likely N-dealkylation sites (N-methyl/N-ethyl adjacent to an activating group) is 1. The standard InChI is InChI=1S/C13H21N5.ClH/c1-14-11-3-2-6-18(8-11)13-7-12(15-9-16-13)17-10-4-5-10;/h7,9-11,14H,2-6,8H2,1H3,(H,15,16,17);1H. The van der Waals surface area contributed by atoms with Crippen LogP contribution in [0.1, 0.15) is 25.7 Å². The van der Waals surface area contributed by atoms with Gasteiger partial charge in [-0.15, -0.1) is 12.4 Å². The number of rotatable bonds is 4. The molecule has 0 radical (unpaired) electrons. The van der Waals surface area contributed by atoms with Crippen molar-refractivity contribution in [3.63, 3.8) is 0 Å². The first-order valence-corrected chi connectivity index (χ1v) is 6.86. The van der Waals surface area contributed by atoms with Crippen LogP contribution in [-0.2, 0) is 0 Å². The van der Waals surface area contributed by atoms with E-state index in [1.165, 1.54) is 25.7 Å². The summed E-state index contributed by atoms with van der Waals surface area (Å²) in [5.41, 5.74) is 0. The minimum Gasteiger partial charge on any atom is -0.367 e. The molecule has 5 nitrogen and oxygen atoms in total. The number of hydrogen-bond acceptors (Lipinski definition) is 5. The van der Waals surface area contributed by atoms with Gasteiger partial charge in [0.05, 0.1) is 0 Å². The van der Waals surface area contributed by atoms with Crippen LogP contribution in [0.4, 0.5) is 11.6 Å². The van der Waals surface area contributed by atoms with Crippen LogP contribution in [0.15, 0.2) is 12.4 Å². The molecule has 1 aromatic rings. The van der Waals surface area contributed by atoms with Gasteiger partial charge >= 0.3 is 0 Å². The number of nitrogens with one attached hydrogen (secondary N) is 2. The molecule has 1 aromatic heterocycles. The van der Waals surface area contributed by atoms with Crippen LogP contribution in [0.2, 0.25) is 0 Å². The Kier molecular flexibility index (Phi) is 4.82. The molecular formula is C13H22ClN5. The van der Waals surface area contributed by atoms with Gasteiger partial charge in [-0.1, -0.05) is 0 Å². The summed E-state index contributed by atoms with van der Waals surface area (Å²) >= 11 is 0. The maximum Gasteiger partial charge on any atom is 0.134 e. The third-order valence-electron chi connectivity index (χ3n) is 3.74. The molecule has 1 aliphatic carbocycles. The van der Waals surface area contributed by atoms with Crippen LogP contribution >= 0.6 is 12.4 Å². The van der Waals surface area contributed by atoms with E-state index in [-0.39, 0.29) is 12.4 Å². The van der Waals surface area contributed by atoms with Crippen molar-refractivity contribution >= 4 is 24.0 Å². The van der Waals surface area contributed by atoms with Gasteiger partial charge in [0, 0.05) is 31.2 Å². The number of anilines is 2. The maximum absolute atomic E-state index is 4.41. The topological polar surface area (TPSA) is 53.1 Å². The Morgan fingerprint density at radius 2 is 2.05 bits per heavy atom. The summed E-state index contributed by atoms with van der Waals surface area (Å²) in [6.45, 7) is 2.13. The molecule has 2 aliphatic rings. The minimum atomic E-state index is 0. The highest BCUT2D eigenvalue weighted by Gasteiger charge is 2.23. The van der Waals surface area contributed by atoms with Crippen molar-refractivity contribution in [2.45, 2.75) is 37.8 Å². The van der Waals surface area contributed by atoms with Crippen molar-refractivity contribution in [2.75, 3.05) is 30.4 Å². The Balaban J connectivity index is 0.00000133. The number of nitrogens with zero attached hydrogens (tertiary/aromatic N) is 3. The van der Waals surface area contributed by atoms with Gasteiger partial charge in [-0.25, -0.2) is 9.97 Å². The molecule has 3 rings (SSSR count). The predicted molar refractivity (Wildman–Crippen MR) is 80.2 cm³/mol. The number of aromatic nitrogens is 2. The van der Waals surface area contributed by atoms with E-state index < -0.39 is 0 Å². The van der Waals surface area contributed by atoms with Gasteiger partial charge in [0.2, 0.25) is 0 Å². The second-order valence-electron chi connectivity index (χ2n) is 5.25. The molecule has 1 unspecified atom stereocenters. The highest BCUT2D eigenvalue weighted by molar-refractivity contribution is 5.85. The molecule has 106 valence electrons. The van der Waals surface area contributed by atoms with Crippen molar-refractivity contribution in [1.29, 1.82) is 0 Å². The molecule has 2 fully saturated rings. The normalized spacial score (nSPS) is 22.8. The fourth-order valence-corrected chi connectivity index (χ4v) is 2.46. The van der Waals surface area contributed by atoms with E-state index in [0.717, 1.165) is 24.7 Å². The Morgan fingerprint density at radius 3 is 2.79 bits per heavy atom. The van der Waals surface area contributed by atoms with E-state index >= 15 is 0 Å². The lowest BCUT2D eigenvalue weighted by Crippen LogP contribution is -2.44. The van der Waals surface area contributed by atoms with Crippen molar-refractivity contribution in [2.24, 2.45) is 0 Å². The van der Waals surface area contributed by atoms with Crippen LogP contribution in [0.3, 0.4) is 0 Å². The smallest absolute Gasteiger partial charge is 0.134 e. The summed E-state index contributed by atoms with van der Waals surface area (Å²) in [4.78, 5) is 11.0. The van der Waals surface area contributed by atoms with E-state index in [1.54, 1.807) is 6.33 Å². The molecule has 2 heterocycles. The maximum atomic E-state index is 4.41. The summed E-state index contributed by atoms with van der Waals surface area (Å²) in [5, 5.41) is 6.79. The monoisotopic (exact) mass is 283 g/mol. The second kappa shape index (κ2) is 6.39. The first-order valence-electron chi connectivity index (χ1n) is 6.86. The Hall–Kier alpha value is -1.07. The lowest BCUT2D eigenvalue weighted by Gasteiger charge is -2.33.